The molecule has 1 heterocycles. The SMILES string of the molecule is C=CCn1c(SCC(=O)Nc2ccc(C)cc2)nnc1[C@H](NC(=O)c1ccc(C)cc1)C(C)C. The van der Waals surface area contributed by atoms with Gasteiger partial charge in [0.05, 0.1) is 11.8 Å². The van der Waals surface area contributed by atoms with Gasteiger partial charge in [-0.25, -0.2) is 0 Å². The van der Waals surface area contributed by atoms with Crippen molar-refractivity contribution in [1.82, 2.24) is 20.1 Å². The van der Waals surface area contributed by atoms with Crippen molar-refractivity contribution in [3.63, 3.8) is 0 Å². The molecule has 0 aliphatic carbocycles. The Kier molecular flexibility index (Phi) is 8.65. The van der Waals surface area contributed by atoms with E-state index in [0.29, 0.717) is 23.1 Å². The number of hydrogen-bond donors (Lipinski definition) is 2. The highest BCUT2D eigenvalue weighted by Crippen LogP contribution is 2.26. The molecule has 178 valence electrons. The molecule has 8 heteroatoms. The molecule has 0 unspecified atom stereocenters. The predicted molar refractivity (Wildman–Crippen MR) is 137 cm³/mol. The Hall–Kier alpha value is -3.39. The minimum Gasteiger partial charge on any atom is -0.342 e. The average Bonchev–Trinajstić information content (AvgIpc) is 3.20. The summed E-state index contributed by atoms with van der Waals surface area (Å²) < 4.78 is 1.90. The number of rotatable bonds is 10. The van der Waals surface area contributed by atoms with E-state index in [2.05, 4.69) is 27.4 Å². The summed E-state index contributed by atoms with van der Waals surface area (Å²) in [5.41, 5.74) is 3.57. The molecule has 0 saturated carbocycles. The highest BCUT2D eigenvalue weighted by molar-refractivity contribution is 7.99. The van der Waals surface area contributed by atoms with Crippen molar-refractivity contribution in [2.75, 3.05) is 11.1 Å². The van der Waals surface area contributed by atoms with E-state index in [4.69, 9.17) is 0 Å². The van der Waals surface area contributed by atoms with Gasteiger partial charge in [-0.3, -0.25) is 9.59 Å². The van der Waals surface area contributed by atoms with Gasteiger partial charge in [0.15, 0.2) is 11.0 Å². The fourth-order valence-corrected chi connectivity index (χ4v) is 4.12. The van der Waals surface area contributed by atoms with Crippen LogP contribution in [-0.2, 0) is 11.3 Å². The van der Waals surface area contributed by atoms with Crippen LogP contribution in [0.4, 0.5) is 5.69 Å². The van der Waals surface area contributed by atoms with E-state index in [1.807, 2.05) is 80.8 Å². The Morgan fingerprint density at radius 2 is 1.65 bits per heavy atom. The highest BCUT2D eigenvalue weighted by atomic mass is 32.2. The molecule has 34 heavy (non-hydrogen) atoms. The van der Waals surface area contributed by atoms with Gasteiger partial charge in [-0.05, 0) is 44.0 Å². The number of aromatic nitrogens is 3. The molecule has 1 aromatic heterocycles. The molecule has 0 bridgehead atoms. The number of thioether (sulfide) groups is 1. The van der Waals surface area contributed by atoms with Crippen LogP contribution in [0.3, 0.4) is 0 Å². The van der Waals surface area contributed by atoms with Crippen LogP contribution < -0.4 is 10.6 Å². The lowest BCUT2D eigenvalue weighted by Gasteiger charge is -2.22. The lowest BCUT2D eigenvalue weighted by atomic mass is 10.0. The molecule has 0 fully saturated rings. The van der Waals surface area contributed by atoms with Crippen molar-refractivity contribution in [2.45, 2.75) is 45.4 Å². The third-order valence-electron chi connectivity index (χ3n) is 5.27. The summed E-state index contributed by atoms with van der Waals surface area (Å²) in [6.45, 7) is 12.3. The number of carbonyl (C=O) groups excluding carboxylic acids is 2. The maximum Gasteiger partial charge on any atom is 0.251 e. The van der Waals surface area contributed by atoms with Crippen LogP contribution in [0.5, 0.6) is 0 Å². The monoisotopic (exact) mass is 477 g/mol. The van der Waals surface area contributed by atoms with E-state index >= 15 is 0 Å². The smallest absolute Gasteiger partial charge is 0.251 e. The van der Waals surface area contributed by atoms with Crippen LogP contribution in [0, 0.1) is 19.8 Å². The van der Waals surface area contributed by atoms with Crippen LogP contribution in [0.25, 0.3) is 0 Å². The number of allylic oxidation sites excluding steroid dienone is 1. The highest BCUT2D eigenvalue weighted by Gasteiger charge is 2.26. The molecule has 0 radical (unpaired) electrons. The zero-order valence-electron chi connectivity index (χ0n) is 20.0. The quantitative estimate of drug-likeness (QED) is 0.319. The largest absolute Gasteiger partial charge is 0.342 e. The van der Waals surface area contributed by atoms with Crippen molar-refractivity contribution < 1.29 is 9.59 Å². The van der Waals surface area contributed by atoms with Gasteiger partial charge in [0, 0.05) is 17.8 Å². The van der Waals surface area contributed by atoms with Gasteiger partial charge >= 0.3 is 0 Å². The summed E-state index contributed by atoms with van der Waals surface area (Å²) in [5.74, 6) is 0.599. The molecule has 0 spiro atoms. The molecule has 7 nitrogen and oxygen atoms in total. The molecular weight excluding hydrogens is 446 g/mol. The zero-order valence-corrected chi connectivity index (χ0v) is 20.9. The predicted octanol–water partition coefficient (Wildman–Crippen LogP) is 4.94. The van der Waals surface area contributed by atoms with Crippen LogP contribution >= 0.6 is 11.8 Å². The Morgan fingerprint density at radius 3 is 2.24 bits per heavy atom. The molecule has 2 N–H and O–H groups in total. The summed E-state index contributed by atoms with van der Waals surface area (Å²) in [6.07, 6.45) is 1.75. The molecule has 0 saturated heterocycles. The first-order chi connectivity index (χ1) is 16.3. The second kappa shape index (κ2) is 11.7. The van der Waals surface area contributed by atoms with Crippen LogP contribution in [0.15, 0.2) is 66.3 Å². The number of hydrogen-bond acceptors (Lipinski definition) is 5. The summed E-state index contributed by atoms with van der Waals surface area (Å²) in [4.78, 5) is 25.3. The summed E-state index contributed by atoms with van der Waals surface area (Å²) in [5, 5.41) is 15.3. The van der Waals surface area contributed by atoms with Crippen molar-refractivity contribution in [3.8, 4) is 0 Å². The number of carbonyl (C=O) groups is 2. The third kappa shape index (κ3) is 6.57. The van der Waals surface area contributed by atoms with Crippen LogP contribution in [0.2, 0.25) is 0 Å². The van der Waals surface area contributed by atoms with Crippen molar-refractivity contribution >= 4 is 29.3 Å². The van der Waals surface area contributed by atoms with Gasteiger partial charge in [-0.1, -0.05) is 67.1 Å². The third-order valence-corrected chi connectivity index (χ3v) is 6.24. The molecule has 1 atom stereocenters. The fraction of sp³-hybridized carbons (Fsp3) is 0.308. The number of anilines is 1. The normalized spacial score (nSPS) is 11.8. The number of nitrogens with one attached hydrogen (secondary N) is 2. The van der Waals surface area contributed by atoms with E-state index in [-0.39, 0.29) is 29.5 Å². The average molecular weight is 478 g/mol. The second-order valence-electron chi connectivity index (χ2n) is 8.50. The van der Waals surface area contributed by atoms with E-state index < -0.39 is 0 Å². The lowest BCUT2D eigenvalue weighted by molar-refractivity contribution is -0.113. The Morgan fingerprint density at radius 1 is 1.03 bits per heavy atom. The van der Waals surface area contributed by atoms with Gasteiger partial charge in [0.2, 0.25) is 5.91 Å². The Balaban J connectivity index is 1.74. The number of amides is 2. The van der Waals surface area contributed by atoms with E-state index in [0.717, 1.165) is 16.8 Å². The Bertz CT molecular complexity index is 1140. The molecule has 0 aliphatic rings. The minimum absolute atomic E-state index is 0.0739. The maximum atomic E-state index is 12.9. The first-order valence-corrected chi connectivity index (χ1v) is 12.2. The van der Waals surface area contributed by atoms with E-state index in [9.17, 15) is 9.59 Å². The maximum absolute atomic E-state index is 12.9. The van der Waals surface area contributed by atoms with Crippen LogP contribution in [-0.4, -0.2) is 32.3 Å². The van der Waals surface area contributed by atoms with Crippen LogP contribution in [0.1, 0.15) is 47.2 Å². The number of aryl methyl sites for hydroxylation is 2. The van der Waals surface area contributed by atoms with E-state index in [1.54, 1.807) is 6.08 Å². The lowest BCUT2D eigenvalue weighted by Crippen LogP contribution is -2.33. The van der Waals surface area contributed by atoms with Crippen molar-refractivity contribution in [2.24, 2.45) is 5.92 Å². The van der Waals surface area contributed by atoms with E-state index in [1.165, 1.54) is 11.8 Å². The fourth-order valence-electron chi connectivity index (χ4n) is 3.36. The molecule has 2 aromatic carbocycles. The van der Waals surface area contributed by atoms with Crippen molar-refractivity contribution in [3.05, 3.63) is 83.7 Å². The number of nitrogens with zero attached hydrogens (tertiary/aromatic N) is 3. The number of benzene rings is 2. The van der Waals surface area contributed by atoms with Gasteiger partial charge in [0.1, 0.15) is 0 Å². The summed E-state index contributed by atoms with van der Waals surface area (Å²) in [6, 6.07) is 14.7. The molecule has 3 rings (SSSR count). The van der Waals surface area contributed by atoms with Gasteiger partial charge in [0.25, 0.3) is 5.91 Å². The molecule has 2 amide bonds. The first-order valence-electron chi connectivity index (χ1n) is 11.2. The van der Waals surface area contributed by atoms with Gasteiger partial charge < -0.3 is 15.2 Å². The van der Waals surface area contributed by atoms with Gasteiger partial charge in [-0.15, -0.1) is 16.8 Å². The first kappa shape index (κ1) is 25.2. The molecular formula is C26H31N5O2S. The minimum atomic E-state index is -0.350. The summed E-state index contributed by atoms with van der Waals surface area (Å²) >= 11 is 1.30. The Labute approximate surface area is 205 Å². The molecule has 3 aromatic rings. The van der Waals surface area contributed by atoms with Gasteiger partial charge in [-0.2, -0.15) is 0 Å². The standard InChI is InChI=1S/C26H31N5O2S/c1-6-15-31-24(23(17(2)3)28-25(33)20-11-7-18(4)8-12-20)29-30-26(31)34-16-22(32)27-21-13-9-19(5)10-14-21/h6-14,17,23H,1,15-16H2,2-5H3,(H,27,32)(H,28,33)/t23-/m1/s1. The summed E-state index contributed by atoms with van der Waals surface area (Å²) in [7, 11) is 0. The van der Waals surface area contributed by atoms with Crippen molar-refractivity contribution in [1.29, 1.82) is 0 Å². The zero-order chi connectivity index (χ0) is 24.7. The second-order valence-corrected chi connectivity index (χ2v) is 9.45. The molecule has 0 aliphatic heterocycles. The topological polar surface area (TPSA) is 88.9 Å².